The summed E-state index contributed by atoms with van der Waals surface area (Å²) in [6.07, 6.45) is -0.224. The molecular formula is C5H11N4O4+. The van der Waals surface area contributed by atoms with Crippen LogP contribution >= 0.6 is 0 Å². The quantitative estimate of drug-likeness (QED) is 0.295. The number of hydrogen-bond donors (Lipinski definition) is 5. The van der Waals surface area contributed by atoms with Crippen molar-refractivity contribution in [3.63, 3.8) is 0 Å². The van der Waals surface area contributed by atoms with Crippen LogP contribution in [-0.2, 0) is 9.59 Å². The zero-order valence-corrected chi connectivity index (χ0v) is 6.73. The number of hydrogen-bond acceptors (Lipinski definition) is 5. The summed E-state index contributed by atoms with van der Waals surface area (Å²) in [5, 5.41) is 16.3. The SMILES string of the molecule is N=[N+]=N.NC(CCC(=O)O)C(=O)O. The minimum atomic E-state index is -1.17. The summed E-state index contributed by atoms with van der Waals surface area (Å²) in [6.45, 7) is 0. The normalized spacial score (nSPS) is 10.2. The third kappa shape index (κ3) is 13.2. The fourth-order valence-electron chi connectivity index (χ4n) is 0.402. The van der Waals surface area contributed by atoms with E-state index < -0.39 is 18.0 Å². The van der Waals surface area contributed by atoms with Gasteiger partial charge in [0.05, 0.1) is 0 Å². The maximum Gasteiger partial charge on any atom is 0.320 e. The van der Waals surface area contributed by atoms with Gasteiger partial charge in [0.15, 0.2) is 0 Å². The maximum atomic E-state index is 9.99. The summed E-state index contributed by atoms with van der Waals surface area (Å²) in [4.78, 5) is 21.9. The second-order valence-electron chi connectivity index (χ2n) is 1.99. The van der Waals surface area contributed by atoms with Gasteiger partial charge < -0.3 is 15.9 Å². The standard InChI is InChI=1S/C5H9NO4.H2N3/c6-3(5(9)10)1-2-4(7)8;1-3-2/h3H,1-2,6H2,(H,7,8)(H,9,10);1-2H/q;+1. The Morgan fingerprint density at radius 2 is 1.77 bits per heavy atom. The van der Waals surface area contributed by atoms with Crippen LogP contribution in [0.2, 0.25) is 0 Å². The zero-order valence-electron chi connectivity index (χ0n) is 6.73. The van der Waals surface area contributed by atoms with Gasteiger partial charge in [-0.05, 0) is 6.42 Å². The van der Waals surface area contributed by atoms with E-state index in [2.05, 4.69) is 0 Å². The summed E-state index contributed by atoms with van der Waals surface area (Å²) in [5.74, 6) is -2.20. The van der Waals surface area contributed by atoms with E-state index in [0.29, 0.717) is 0 Å². The van der Waals surface area contributed by atoms with Gasteiger partial charge in [0.25, 0.3) is 0 Å². The highest BCUT2D eigenvalue weighted by Gasteiger charge is 2.12. The van der Waals surface area contributed by atoms with Crippen molar-refractivity contribution in [1.29, 1.82) is 11.1 Å². The molecule has 0 aromatic heterocycles. The molecule has 0 aromatic carbocycles. The Kier molecular flexibility index (Phi) is 8.80. The van der Waals surface area contributed by atoms with Crippen molar-refractivity contribution in [2.45, 2.75) is 18.9 Å². The summed E-state index contributed by atoms with van der Waals surface area (Å²) in [7, 11) is 0. The van der Waals surface area contributed by atoms with Crippen molar-refractivity contribution in [3.05, 3.63) is 0 Å². The van der Waals surface area contributed by atoms with Crippen LogP contribution in [0.5, 0.6) is 0 Å². The number of nitrogens with two attached hydrogens (primary N) is 1. The minimum absolute atomic E-state index is 0.0231. The fourth-order valence-corrected chi connectivity index (χ4v) is 0.402. The van der Waals surface area contributed by atoms with Crippen LogP contribution in [0.3, 0.4) is 0 Å². The number of nitrogens with zero attached hydrogens (tertiary/aromatic N) is 1. The van der Waals surface area contributed by atoms with Gasteiger partial charge in [0.1, 0.15) is 17.1 Å². The molecule has 0 aliphatic carbocycles. The van der Waals surface area contributed by atoms with Crippen molar-refractivity contribution in [3.8, 4) is 0 Å². The number of carboxylic acid groups (broad SMARTS) is 2. The Hall–Kier alpha value is -1.79. The van der Waals surface area contributed by atoms with E-state index in [1.165, 1.54) is 0 Å². The molecule has 0 spiro atoms. The second kappa shape index (κ2) is 8.31. The second-order valence-corrected chi connectivity index (χ2v) is 1.99. The molecule has 0 saturated heterocycles. The number of rotatable bonds is 4. The van der Waals surface area contributed by atoms with Gasteiger partial charge in [0.2, 0.25) is 4.91 Å². The molecule has 13 heavy (non-hydrogen) atoms. The zero-order chi connectivity index (χ0) is 10.9. The molecule has 0 amide bonds. The molecule has 0 aromatic rings. The molecule has 74 valence electrons. The monoisotopic (exact) mass is 191 g/mol. The lowest BCUT2D eigenvalue weighted by atomic mass is 10.2. The van der Waals surface area contributed by atoms with Crippen molar-refractivity contribution in [1.82, 2.24) is 4.91 Å². The summed E-state index contributed by atoms with van der Waals surface area (Å²) in [5.41, 5.74) is 16.0. The van der Waals surface area contributed by atoms with Crippen LogP contribution in [0.25, 0.3) is 0 Å². The first-order valence-corrected chi connectivity index (χ1v) is 3.19. The Morgan fingerprint density at radius 1 is 1.38 bits per heavy atom. The number of aliphatic carboxylic acids is 2. The lowest BCUT2D eigenvalue weighted by Gasteiger charge is -2.01. The number of nitrogens with one attached hydrogen (secondary N) is 2. The fraction of sp³-hybridized carbons (Fsp3) is 0.600. The van der Waals surface area contributed by atoms with Crippen molar-refractivity contribution < 1.29 is 19.8 Å². The molecule has 6 N–H and O–H groups in total. The smallest absolute Gasteiger partial charge is 0.320 e. The highest BCUT2D eigenvalue weighted by molar-refractivity contribution is 5.74. The number of carboxylic acids is 2. The Labute approximate surface area is 73.4 Å². The van der Waals surface area contributed by atoms with Crippen molar-refractivity contribution >= 4 is 11.9 Å². The largest absolute Gasteiger partial charge is 0.481 e. The summed E-state index contributed by atoms with van der Waals surface area (Å²) < 4.78 is 0. The van der Waals surface area contributed by atoms with Crippen molar-refractivity contribution in [2.24, 2.45) is 5.73 Å². The third-order valence-corrected chi connectivity index (χ3v) is 0.986. The lowest BCUT2D eigenvalue weighted by molar-refractivity contribution is -0.139. The average Bonchev–Trinajstić information content (AvgIpc) is 2.01. The predicted octanol–water partition coefficient (Wildman–Crippen LogP) is -0.621. The average molecular weight is 191 g/mol. The topological polar surface area (TPSA) is 162 Å². The van der Waals surface area contributed by atoms with E-state index in [4.69, 9.17) is 27.0 Å². The first-order chi connectivity index (χ1) is 5.95. The molecule has 0 heterocycles. The first kappa shape index (κ1) is 13.8. The third-order valence-electron chi connectivity index (χ3n) is 0.986. The minimum Gasteiger partial charge on any atom is -0.481 e. The van der Waals surface area contributed by atoms with Gasteiger partial charge in [-0.3, -0.25) is 9.59 Å². The Balaban J connectivity index is 0. The highest BCUT2D eigenvalue weighted by atomic mass is 16.4. The van der Waals surface area contributed by atoms with E-state index in [1.807, 2.05) is 4.91 Å². The molecule has 0 radical (unpaired) electrons. The highest BCUT2D eigenvalue weighted by Crippen LogP contribution is 1.93. The van der Waals surface area contributed by atoms with Gasteiger partial charge in [-0.15, -0.1) is 0 Å². The molecule has 8 nitrogen and oxygen atoms in total. The van der Waals surface area contributed by atoms with E-state index in [0.717, 1.165) is 0 Å². The molecule has 0 bridgehead atoms. The molecule has 0 aliphatic heterocycles. The maximum absolute atomic E-state index is 9.99. The van der Waals surface area contributed by atoms with Gasteiger partial charge in [0, 0.05) is 6.42 Å². The van der Waals surface area contributed by atoms with E-state index in [1.54, 1.807) is 0 Å². The van der Waals surface area contributed by atoms with E-state index >= 15 is 0 Å². The van der Waals surface area contributed by atoms with Crippen LogP contribution in [0.15, 0.2) is 0 Å². The van der Waals surface area contributed by atoms with Crippen LogP contribution < -0.4 is 10.6 Å². The summed E-state index contributed by atoms with van der Waals surface area (Å²) >= 11 is 0. The van der Waals surface area contributed by atoms with Crippen LogP contribution in [-0.4, -0.2) is 28.2 Å². The van der Waals surface area contributed by atoms with E-state index in [9.17, 15) is 9.59 Å². The molecule has 0 saturated carbocycles. The first-order valence-electron chi connectivity index (χ1n) is 3.19. The predicted molar refractivity (Wildman–Crippen MR) is 40.1 cm³/mol. The number of carbonyl (C=O) groups is 2. The van der Waals surface area contributed by atoms with Gasteiger partial charge in [-0.2, -0.15) is 0 Å². The van der Waals surface area contributed by atoms with E-state index in [-0.39, 0.29) is 12.8 Å². The molecule has 8 heteroatoms. The van der Waals surface area contributed by atoms with Crippen LogP contribution in [0.1, 0.15) is 12.8 Å². The van der Waals surface area contributed by atoms with Crippen LogP contribution in [0, 0.1) is 11.1 Å². The molecule has 0 rings (SSSR count). The van der Waals surface area contributed by atoms with Crippen LogP contribution in [0.4, 0.5) is 0 Å². The van der Waals surface area contributed by atoms with Gasteiger partial charge in [-0.25, -0.2) is 0 Å². The molecular weight excluding hydrogens is 180 g/mol. The Bertz CT molecular complexity index is 211. The molecule has 1 unspecified atom stereocenters. The summed E-state index contributed by atoms with van der Waals surface area (Å²) in [6, 6.07) is -1.06. The van der Waals surface area contributed by atoms with Gasteiger partial charge >= 0.3 is 11.9 Å². The molecule has 0 fully saturated rings. The molecule has 1 atom stereocenters. The lowest BCUT2D eigenvalue weighted by Crippen LogP contribution is -2.30. The van der Waals surface area contributed by atoms with Crippen molar-refractivity contribution in [2.75, 3.05) is 0 Å². The molecule has 0 aliphatic rings. The Morgan fingerprint density at radius 3 is 2.00 bits per heavy atom. The van der Waals surface area contributed by atoms with Gasteiger partial charge in [-0.1, -0.05) is 0 Å².